The van der Waals surface area contributed by atoms with Crippen LogP contribution in [0.5, 0.6) is 11.5 Å². The van der Waals surface area contributed by atoms with Gasteiger partial charge in [-0.2, -0.15) is 0 Å². The molecule has 10 heteroatoms. The number of carbonyl (C=O) groups is 2. The lowest BCUT2D eigenvalue weighted by atomic mass is 10.0. The Balaban J connectivity index is 2.12. The van der Waals surface area contributed by atoms with Gasteiger partial charge in [-0.3, -0.25) is 13.9 Å². The molecule has 0 aromatic heterocycles. The molecule has 43 heavy (non-hydrogen) atoms. The van der Waals surface area contributed by atoms with Crippen molar-refractivity contribution in [2.75, 3.05) is 25.1 Å². The third-order valence-electron chi connectivity index (χ3n) is 7.03. The van der Waals surface area contributed by atoms with E-state index >= 15 is 0 Å². The van der Waals surface area contributed by atoms with Crippen molar-refractivity contribution in [2.24, 2.45) is 0 Å². The number of nitrogens with one attached hydrogen (secondary N) is 1. The van der Waals surface area contributed by atoms with Crippen LogP contribution in [-0.2, 0) is 26.2 Å². The van der Waals surface area contributed by atoms with Gasteiger partial charge < -0.3 is 19.7 Å². The second kappa shape index (κ2) is 13.9. The number of hydrogen-bond donors (Lipinski definition) is 1. The maximum absolute atomic E-state index is 14.3. The molecule has 0 aliphatic rings. The number of carbonyl (C=O) groups excluding carboxylic acids is 2. The summed E-state index contributed by atoms with van der Waals surface area (Å²) in [7, 11) is -1.38. The molecule has 0 spiro atoms. The van der Waals surface area contributed by atoms with Crippen LogP contribution < -0.4 is 19.1 Å². The minimum atomic E-state index is -4.27. The number of amides is 2. The van der Waals surface area contributed by atoms with Gasteiger partial charge in [0.15, 0.2) is 11.5 Å². The molecule has 0 saturated heterocycles. The normalized spacial score (nSPS) is 12.3. The van der Waals surface area contributed by atoms with Crippen molar-refractivity contribution in [1.82, 2.24) is 10.2 Å². The number of methoxy groups -OCH3 is 2. The van der Waals surface area contributed by atoms with Crippen LogP contribution in [0.15, 0.2) is 71.6 Å². The lowest BCUT2D eigenvalue weighted by Crippen LogP contribution is -2.55. The Labute approximate surface area is 255 Å². The van der Waals surface area contributed by atoms with E-state index < -0.39 is 34.1 Å². The molecule has 0 fully saturated rings. The number of aryl methyl sites for hydroxylation is 2. The highest BCUT2D eigenvalue weighted by molar-refractivity contribution is 7.92. The number of sulfonamides is 1. The third-order valence-corrected chi connectivity index (χ3v) is 8.80. The van der Waals surface area contributed by atoms with Crippen molar-refractivity contribution >= 4 is 27.5 Å². The number of ether oxygens (including phenoxy) is 2. The van der Waals surface area contributed by atoms with Gasteiger partial charge in [0, 0.05) is 18.2 Å². The van der Waals surface area contributed by atoms with Crippen molar-refractivity contribution in [2.45, 2.75) is 71.0 Å². The van der Waals surface area contributed by atoms with Gasteiger partial charge in [-0.05, 0) is 76.4 Å². The fourth-order valence-electron chi connectivity index (χ4n) is 4.69. The van der Waals surface area contributed by atoms with E-state index in [1.807, 2.05) is 65.8 Å². The van der Waals surface area contributed by atoms with Gasteiger partial charge in [0.05, 0.1) is 24.8 Å². The molecule has 0 radical (unpaired) electrons. The minimum Gasteiger partial charge on any atom is -0.493 e. The van der Waals surface area contributed by atoms with E-state index in [4.69, 9.17) is 9.47 Å². The summed E-state index contributed by atoms with van der Waals surface area (Å²) in [4.78, 5) is 29.2. The lowest BCUT2D eigenvalue weighted by Gasteiger charge is -2.35. The highest BCUT2D eigenvalue weighted by Crippen LogP contribution is 2.32. The second-order valence-corrected chi connectivity index (χ2v) is 13.3. The van der Waals surface area contributed by atoms with Gasteiger partial charge in [-0.25, -0.2) is 8.42 Å². The molecule has 0 aliphatic heterocycles. The average molecular weight is 610 g/mol. The van der Waals surface area contributed by atoms with Crippen molar-refractivity contribution in [3.05, 3.63) is 83.4 Å². The van der Waals surface area contributed by atoms with Crippen LogP contribution in [0, 0.1) is 13.8 Å². The highest BCUT2D eigenvalue weighted by Gasteiger charge is 2.35. The van der Waals surface area contributed by atoms with Crippen molar-refractivity contribution in [3.63, 3.8) is 0 Å². The zero-order chi connectivity index (χ0) is 31.9. The lowest BCUT2D eigenvalue weighted by molar-refractivity contribution is -0.141. The maximum atomic E-state index is 14.3. The Morgan fingerprint density at radius 2 is 1.53 bits per heavy atom. The quantitative estimate of drug-likeness (QED) is 0.301. The Morgan fingerprint density at radius 3 is 2.09 bits per heavy atom. The van der Waals surface area contributed by atoms with E-state index in [0.29, 0.717) is 17.9 Å². The van der Waals surface area contributed by atoms with Crippen LogP contribution in [0.3, 0.4) is 0 Å². The molecule has 0 bridgehead atoms. The van der Waals surface area contributed by atoms with E-state index in [9.17, 15) is 18.0 Å². The molecule has 2 amide bonds. The van der Waals surface area contributed by atoms with Gasteiger partial charge in [0.2, 0.25) is 11.8 Å². The van der Waals surface area contributed by atoms with Gasteiger partial charge in [0.25, 0.3) is 10.0 Å². The summed E-state index contributed by atoms with van der Waals surface area (Å²) < 4.78 is 40.1. The zero-order valence-electron chi connectivity index (χ0n) is 26.3. The van der Waals surface area contributed by atoms with Crippen molar-refractivity contribution < 1.29 is 27.5 Å². The fourth-order valence-corrected chi connectivity index (χ4v) is 6.12. The number of anilines is 1. The molecule has 9 nitrogen and oxygen atoms in total. The van der Waals surface area contributed by atoms with Gasteiger partial charge in [-0.1, -0.05) is 48.9 Å². The molecule has 3 aromatic carbocycles. The molecular formula is C33H43N3O6S. The molecule has 1 N–H and O–H groups in total. The SMILES string of the molecule is CC[C@H](C(=O)NC(C)(C)C)N(Cc1ccccc1C)C(=O)CN(c1ccc(C)cc1)S(=O)(=O)c1ccc(OC)c(OC)c1. The predicted molar refractivity (Wildman–Crippen MR) is 169 cm³/mol. The first-order chi connectivity index (χ1) is 20.2. The Morgan fingerprint density at radius 1 is 0.907 bits per heavy atom. The van der Waals surface area contributed by atoms with Crippen LogP contribution in [-0.4, -0.2) is 57.5 Å². The fraction of sp³-hybridized carbons (Fsp3) is 0.394. The first kappa shape index (κ1) is 33.5. The number of benzene rings is 3. The molecule has 3 aromatic rings. The monoisotopic (exact) mass is 609 g/mol. The smallest absolute Gasteiger partial charge is 0.264 e. The van der Waals surface area contributed by atoms with Crippen LogP contribution in [0.1, 0.15) is 50.8 Å². The van der Waals surface area contributed by atoms with Crippen LogP contribution in [0.25, 0.3) is 0 Å². The minimum absolute atomic E-state index is 0.0681. The number of nitrogens with zero attached hydrogens (tertiary/aromatic N) is 2. The summed E-state index contributed by atoms with van der Waals surface area (Å²) in [5.41, 5.74) is 2.55. The van der Waals surface area contributed by atoms with Crippen molar-refractivity contribution in [3.8, 4) is 11.5 Å². The van der Waals surface area contributed by atoms with E-state index in [1.165, 1.54) is 37.3 Å². The van der Waals surface area contributed by atoms with E-state index in [1.54, 1.807) is 24.3 Å². The summed E-state index contributed by atoms with van der Waals surface area (Å²) in [6.07, 6.45) is 0.340. The molecule has 1 atom stereocenters. The summed E-state index contributed by atoms with van der Waals surface area (Å²) in [6.45, 7) is 10.9. The number of rotatable bonds is 12. The van der Waals surface area contributed by atoms with Gasteiger partial charge >= 0.3 is 0 Å². The third kappa shape index (κ3) is 8.28. The van der Waals surface area contributed by atoms with Crippen molar-refractivity contribution in [1.29, 1.82) is 0 Å². The second-order valence-electron chi connectivity index (χ2n) is 11.5. The first-order valence-electron chi connectivity index (χ1n) is 14.2. The van der Waals surface area contributed by atoms with Gasteiger partial charge in [0.1, 0.15) is 12.6 Å². The Kier molecular flexibility index (Phi) is 10.9. The van der Waals surface area contributed by atoms with Crippen LogP contribution in [0.2, 0.25) is 0 Å². The summed E-state index contributed by atoms with van der Waals surface area (Å²) >= 11 is 0. The molecule has 3 rings (SSSR count). The van der Waals surface area contributed by atoms with Crippen LogP contribution >= 0.6 is 0 Å². The number of hydrogen-bond acceptors (Lipinski definition) is 6. The Bertz CT molecular complexity index is 1530. The molecule has 0 unspecified atom stereocenters. The molecule has 0 heterocycles. The average Bonchev–Trinajstić information content (AvgIpc) is 2.95. The Hall–Kier alpha value is -4.05. The molecule has 0 saturated carbocycles. The molecule has 232 valence electrons. The molecule has 0 aliphatic carbocycles. The first-order valence-corrected chi connectivity index (χ1v) is 15.6. The molecular weight excluding hydrogens is 566 g/mol. The van der Waals surface area contributed by atoms with E-state index in [0.717, 1.165) is 21.0 Å². The van der Waals surface area contributed by atoms with E-state index in [-0.39, 0.29) is 23.1 Å². The van der Waals surface area contributed by atoms with E-state index in [2.05, 4.69) is 5.32 Å². The maximum Gasteiger partial charge on any atom is 0.264 e. The zero-order valence-corrected chi connectivity index (χ0v) is 27.1. The largest absolute Gasteiger partial charge is 0.493 e. The topological polar surface area (TPSA) is 105 Å². The summed E-state index contributed by atoms with van der Waals surface area (Å²) in [5.74, 6) is -0.199. The van der Waals surface area contributed by atoms with Crippen LogP contribution in [0.4, 0.5) is 5.69 Å². The summed E-state index contributed by atoms with van der Waals surface area (Å²) in [6, 6.07) is 18.0. The predicted octanol–water partition coefficient (Wildman–Crippen LogP) is 5.24. The summed E-state index contributed by atoms with van der Waals surface area (Å²) in [5, 5.41) is 2.99. The highest BCUT2D eigenvalue weighted by atomic mass is 32.2. The van der Waals surface area contributed by atoms with Gasteiger partial charge in [-0.15, -0.1) is 0 Å². The standard InChI is InChI=1S/C33H43N3O6S/c1-9-28(32(38)34-33(4,5)6)35(21-25-13-11-10-12-24(25)3)31(37)22-36(26-16-14-23(2)15-17-26)43(39,40)27-18-19-29(41-7)30(20-27)42-8/h10-20,28H,9,21-22H2,1-8H3,(H,34,38)/t28-/m1/s1.